The molecule has 3 rings (SSSR count). The van der Waals surface area contributed by atoms with E-state index in [9.17, 15) is 9.18 Å². The summed E-state index contributed by atoms with van der Waals surface area (Å²) in [7, 11) is 1.67. The number of rotatable bonds is 4. The highest BCUT2D eigenvalue weighted by molar-refractivity contribution is 5.92. The molecule has 0 bridgehead atoms. The molecule has 1 aliphatic rings. The third-order valence-electron chi connectivity index (χ3n) is 4.48. The van der Waals surface area contributed by atoms with Crippen LogP contribution in [0.5, 0.6) is 0 Å². The summed E-state index contributed by atoms with van der Waals surface area (Å²) in [6.07, 6.45) is 6.14. The Morgan fingerprint density at radius 1 is 1.33 bits per heavy atom. The first-order valence-electron chi connectivity index (χ1n) is 8.00. The van der Waals surface area contributed by atoms with Gasteiger partial charge >= 0.3 is 0 Å². The predicted molar refractivity (Wildman–Crippen MR) is 86.9 cm³/mol. The SMILES string of the molecule is CO[C@@H]1CN(C(=O)c2cnccn2)CC[C@@H]1Cc1ccc(F)cc1. The number of nitrogens with zero attached hydrogens (tertiary/aromatic N) is 3. The van der Waals surface area contributed by atoms with E-state index in [1.165, 1.54) is 24.5 Å². The smallest absolute Gasteiger partial charge is 0.274 e. The van der Waals surface area contributed by atoms with Crippen LogP contribution in [0.2, 0.25) is 0 Å². The van der Waals surface area contributed by atoms with E-state index in [0.29, 0.717) is 24.7 Å². The van der Waals surface area contributed by atoms with Gasteiger partial charge < -0.3 is 9.64 Å². The van der Waals surface area contributed by atoms with Gasteiger partial charge in [-0.2, -0.15) is 0 Å². The number of carbonyl (C=O) groups is 1. The topological polar surface area (TPSA) is 55.3 Å². The van der Waals surface area contributed by atoms with Crippen LogP contribution >= 0.6 is 0 Å². The molecule has 0 unspecified atom stereocenters. The zero-order chi connectivity index (χ0) is 16.9. The molecule has 1 fully saturated rings. The summed E-state index contributed by atoms with van der Waals surface area (Å²) in [6.45, 7) is 1.18. The third kappa shape index (κ3) is 3.76. The number of ether oxygens (including phenoxy) is 1. The van der Waals surface area contributed by atoms with Gasteiger partial charge in [0.05, 0.1) is 12.3 Å². The summed E-state index contributed by atoms with van der Waals surface area (Å²) in [4.78, 5) is 22.3. The minimum absolute atomic E-state index is 0.0515. The van der Waals surface area contributed by atoms with Gasteiger partial charge in [-0.3, -0.25) is 9.78 Å². The van der Waals surface area contributed by atoms with Crippen LogP contribution in [-0.4, -0.2) is 47.1 Å². The normalized spacial score (nSPS) is 20.8. The van der Waals surface area contributed by atoms with E-state index in [1.54, 1.807) is 30.3 Å². The van der Waals surface area contributed by atoms with Crippen molar-refractivity contribution >= 4 is 5.91 Å². The number of aromatic nitrogens is 2. The molecule has 1 aromatic heterocycles. The number of piperidine rings is 1. The molecule has 0 N–H and O–H groups in total. The Kier molecular flexibility index (Phi) is 5.15. The van der Waals surface area contributed by atoms with Gasteiger partial charge in [0.1, 0.15) is 11.5 Å². The van der Waals surface area contributed by atoms with Crippen LogP contribution in [0.15, 0.2) is 42.9 Å². The zero-order valence-corrected chi connectivity index (χ0v) is 13.6. The van der Waals surface area contributed by atoms with Gasteiger partial charge in [0.25, 0.3) is 5.91 Å². The van der Waals surface area contributed by atoms with E-state index in [2.05, 4.69) is 9.97 Å². The Bertz CT molecular complexity index is 678. The first kappa shape index (κ1) is 16.5. The molecular weight excluding hydrogens is 309 g/mol. The Morgan fingerprint density at radius 2 is 2.12 bits per heavy atom. The summed E-state index contributed by atoms with van der Waals surface area (Å²) < 4.78 is 18.6. The van der Waals surface area contributed by atoms with Crippen molar-refractivity contribution in [2.45, 2.75) is 18.9 Å². The summed E-state index contributed by atoms with van der Waals surface area (Å²) in [5, 5.41) is 0. The van der Waals surface area contributed by atoms with Crippen LogP contribution in [0, 0.1) is 11.7 Å². The molecule has 126 valence electrons. The van der Waals surface area contributed by atoms with Crippen molar-refractivity contribution in [3.63, 3.8) is 0 Å². The highest BCUT2D eigenvalue weighted by atomic mass is 19.1. The average Bonchev–Trinajstić information content (AvgIpc) is 2.64. The monoisotopic (exact) mass is 329 g/mol. The minimum Gasteiger partial charge on any atom is -0.379 e. The average molecular weight is 329 g/mol. The van der Waals surface area contributed by atoms with Crippen LogP contribution < -0.4 is 0 Å². The van der Waals surface area contributed by atoms with Crippen molar-refractivity contribution in [2.24, 2.45) is 5.92 Å². The summed E-state index contributed by atoms with van der Waals surface area (Å²) in [5.41, 5.74) is 1.43. The van der Waals surface area contributed by atoms with E-state index >= 15 is 0 Å². The second-order valence-electron chi connectivity index (χ2n) is 6.00. The molecule has 1 amide bonds. The number of benzene rings is 1. The first-order valence-corrected chi connectivity index (χ1v) is 8.00. The molecule has 0 aliphatic carbocycles. The Morgan fingerprint density at radius 3 is 2.79 bits per heavy atom. The predicted octanol–water partition coefficient (Wildman–Crippen LogP) is 2.34. The van der Waals surface area contributed by atoms with Crippen LogP contribution in [0.25, 0.3) is 0 Å². The Hall–Kier alpha value is -2.34. The maximum atomic E-state index is 13.0. The Labute approximate surface area is 140 Å². The van der Waals surface area contributed by atoms with Crippen molar-refractivity contribution in [3.05, 3.63) is 59.9 Å². The van der Waals surface area contributed by atoms with Crippen molar-refractivity contribution < 1.29 is 13.9 Å². The number of hydrogen-bond donors (Lipinski definition) is 0. The number of hydrogen-bond acceptors (Lipinski definition) is 4. The lowest BCUT2D eigenvalue weighted by Crippen LogP contribution is -2.48. The second-order valence-corrected chi connectivity index (χ2v) is 6.00. The largest absolute Gasteiger partial charge is 0.379 e. The lowest BCUT2D eigenvalue weighted by Gasteiger charge is -2.37. The van der Waals surface area contributed by atoms with Gasteiger partial charge in [-0.15, -0.1) is 0 Å². The van der Waals surface area contributed by atoms with Crippen LogP contribution in [0.1, 0.15) is 22.5 Å². The molecule has 6 heteroatoms. The van der Waals surface area contributed by atoms with Crippen LogP contribution in [0.4, 0.5) is 4.39 Å². The summed E-state index contributed by atoms with van der Waals surface area (Å²) >= 11 is 0. The highest BCUT2D eigenvalue weighted by Crippen LogP contribution is 2.25. The summed E-state index contributed by atoms with van der Waals surface area (Å²) in [5.74, 6) is -0.0526. The van der Waals surface area contributed by atoms with E-state index in [0.717, 1.165) is 18.4 Å². The van der Waals surface area contributed by atoms with Gasteiger partial charge in [0, 0.05) is 32.6 Å². The van der Waals surface area contributed by atoms with Crippen LogP contribution in [0.3, 0.4) is 0 Å². The molecule has 1 aromatic carbocycles. The molecule has 1 saturated heterocycles. The maximum absolute atomic E-state index is 13.0. The maximum Gasteiger partial charge on any atom is 0.274 e. The number of likely N-dealkylation sites (tertiary alicyclic amines) is 1. The molecular formula is C18H20FN3O2. The van der Waals surface area contributed by atoms with Gasteiger partial charge in [-0.1, -0.05) is 12.1 Å². The van der Waals surface area contributed by atoms with Gasteiger partial charge in [0.15, 0.2) is 0 Å². The molecule has 0 radical (unpaired) electrons. The van der Waals surface area contributed by atoms with Crippen molar-refractivity contribution in [2.75, 3.05) is 20.2 Å². The molecule has 0 spiro atoms. The van der Waals surface area contributed by atoms with E-state index in [-0.39, 0.29) is 17.8 Å². The fraction of sp³-hybridized carbons (Fsp3) is 0.389. The van der Waals surface area contributed by atoms with Gasteiger partial charge in [-0.25, -0.2) is 9.37 Å². The van der Waals surface area contributed by atoms with E-state index in [4.69, 9.17) is 4.74 Å². The quantitative estimate of drug-likeness (QED) is 0.864. The molecule has 2 aromatic rings. The molecule has 0 saturated carbocycles. The fourth-order valence-electron chi connectivity index (χ4n) is 3.14. The van der Waals surface area contributed by atoms with Crippen molar-refractivity contribution in [3.8, 4) is 0 Å². The highest BCUT2D eigenvalue weighted by Gasteiger charge is 2.32. The van der Waals surface area contributed by atoms with E-state index < -0.39 is 0 Å². The molecule has 5 nitrogen and oxygen atoms in total. The van der Waals surface area contributed by atoms with Gasteiger partial charge in [-0.05, 0) is 36.5 Å². The molecule has 1 aliphatic heterocycles. The molecule has 2 atom stereocenters. The molecule has 2 heterocycles. The first-order chi connectivity index (χ1) is 11.7. The number of methoxy groups -OCH3 is 1. The third-order valence-corrected chi connectivity index (χ3v) is 4.48. The standard InChI is InChI=1S/C18H20FN3O2/c1-24-17-12-22(18(23)16-11-20-7-8-21-16)9-6-14(17)10-13-2-4-15(19)5-3-13/h2-5,7-8,11,14,17H,6,9-10,12H2,1H3/t14-,17-/m1/s1. The lowest BCUT2D eigenvalue weighted by atomic mass is 9.87. The van der Waals surface area contributed by atoms with Crippen molar-refractivity contribution in [1.29, 1.82) is 0 Å². The zero-order valence-electron chi connectivity index (χ0n) is 13.6. The van der Waals surface area contributed by atoms with Crippen molar-refractivity contribution in [1.82, 2.24) is 14.9 Å². The number of amides is 1. The summed E-state index contributed by atoms with van der Waals surface area (Å²) in [6, 6.07) is 6.56. The van der Waals surface area contributed by atoms with Crippen LogP contribution in [-0.2, 0) is 11.2 Å². The Balaban J connectivity index is 1.65. The fourth-order valence-corrected chi connectivity index (χ4v) is 3.14. The van der Waals surface area contributed by atoms with Gasteiger partial charge in [0.2, 0.25) is 0 Å². The number of carbonyl (C=O) groups excluding carboxylic acids is 1. The second kappa shape index (κ2) is 7.49. The lowest BCUT2D eigenvalue weighted by molar-refractivity contribution is -0.00718. The molecule has 24 heavy (non-hydrogen) atoms. The minimum atomic E-state index is -0.230. The number of halogens is 1. The van der Waals surface area contributed by atoms with E-state index in [1.807, 2.05) is 0 Å².